The Morgan fingerprint density at radius 2 is 2.11 bits per heavy atom. The van der Waals surface area contributed by atoms with Crippen molar-refractivity contribution in [2.45, 2.75) is 31.9 Å². The molecule has 0 spiro atoms. The molecule has 0 bridgehead atoms. The minimum atomic E-state index is -0.0141. The summed E-state index contributed by atoms with van der Waals surface area (Å²) in [6.07, 6.45) is 0.482. The highest BCUT2D eigenvalue weighted by Crippen LogP contribution is 2.27. The Morgan fingerprint density at radius 3 is 2.68 bits per heavy atom. The summed E-state index contributed by atoms with van der Waals surface area (Å²) in [6, 6.07) is 5.19. The number of carbonyl (C=O) groups excluding carboxylic acids is 1. The van der Waals surface area contributed by atoms with E-state index >= 15 is 0 Å². The first-order valence-corrected chi connectivity index (χ1v) is 7.18. The minimum absolute atomic E-state index is 0.0141. The average Bonchev–Trinajstić information content (AvgIpc) is 2.29. The van der Waals surface area contributed by atoms with Gasteiger partial charge in [-0.2, -0.15) is 11.8 Å². The van der Waals surface area contributed by atoms with Crippen molar-refractivity contribution in [1.82, 2.24) is 0 Å². The molecule has 1 rings (SSSR count). The molecule has 0 aliphatic carbocycles. The van der Waals surface area contributed by atoms with E-state index in [1.807, 2.05) is 0 Å². The molecule has 0 unspecified atom stereocenters. The van der Waals surface area contributed by atoms with Gasteiger partial charge in [-0.15, -0.1) is 0 Å². The monoisotopic (exact) mass is 282 g/mol. The summed E-state index contributed by atoms with van der Waals surface area (Å²) < 4.78 is 5.37. The number of nitrogens with two attached hydrogens (primary N) is 1. The summed E-state index contributed by atoms with van der Waals surface area (Å²) in [7, 11) is 1.56. The second kappa shape index (κ2) is 6.70. The standard InChI is InChI=1S/C14H22N2O2S/c1-14(2,3)19-8-7-13(17)16-11-6-5-10(15)9-12(11)18-4/h5-6,9H,7-8,15H2,1-4H3,(H,16,17). The topological polar surface area (TPSA) is 64.3 Å². The van der Waals surface area contributed by atoms with E-state index in [2.05, 4.69) is 26.1 Å². The third-order valence-corrected chi connectivity index (χ3v) is 3.64. The van der Waals surface area contributed by atoms with Crippen LogP contribution in [0.1, 0.15) is 27.2 Å². The van der Waals surface area contributed by atoms with E-state index in [9.17, 15) is 4.79 Å². The van der Waals surface area contributed by atoms with Crippen LogP contribution in [0.5, 0.6) is 5.75 Å². The number of nitrogen functional groups attached to an aromatic ring is 1. The van der Waals surface area contributed by atoms with Crippen LogP contribution in [0.15, 0.2) is 18.2 Å². The number of anilines is 2. The van der Waals surface area contributed by atoms with Crippen molar-refractivity contribution >= 4 is 29.0 Å². The van der Waals surface area contributed by atoms with Gasteiger partial charge in [-0.25, -0.2) is 0 Å². The van der Waals surface area contributed by atoms with Gasteiger partial charge in [0.05, 0.1) is 12.8 Å². The Balaban J connectivity index is 2.53. The Kier molecular flexibility index (Phi) is 5.54. The number of amides is 1. The number of hydrogen-bond acceptors (Lipinski definition) is 4. The smallest absolute Gasteiger partial charge is 0.225 e. The highest BCUT2D eigenvalue weighted by atomic mass is 32.2. The van der Waals surface area contributed by atoms with Gasteiger partial charge in [0.2, 0.25) is 5.91 Å². The van der Waals surface area contributed by atoms with E-state index in [0.29, 0.717) is 23.5 Å². The largest absolute Gasteiger partial charge is 0.494 e. The number of ether oxygens (including phenoxy) is 1. The zero-order valence-corrected chi connectivity index (χ0v) is 12.8. The first kappa shape index (κ1) is 15.7. The highest BCUT2D eigenvalue weighted by molar-refractivity contribution is 8.00. The molecule has 0 saturated heterocycles. The quantitative estimate of drug-likeness (QED) is 0.814. The molecule has 1 aromatic rings. The molecule has 4 nitrogen and oxygen atoms in total. The lowest BCUT2D eigenvalue weighted by atomic mass is 10.2. The summed E-state index contributed by atoms with van der Waals surface area (Å²) in [4.78, 5) is 11.8. The van der Waals surface area contributed by atoms with Crippen LogP contribution >= 0.6 is 11.8 Å². The molecule has 0 aliphatic rings. The number of benzene rings is 1. The lowest BCUT2D eigenvalue weighted by molar-refractivity contribution is -0.115. The first-order valence-electron chi connectivity index (χ1n) is 6.19. The summed E-state index contributed by atoms with van der Waals surface area (Å²) in [5.41, 5.74) is 6.93. The molecule has 0 radical (unpaired) electrons. The van der Waals surface area contributed by atoms with Crippen LogP contribution in [0, 0.1) is 0 Å². The van der Waals surface area contributed by atoms with Crippen LogP contribution in [0.2, 0.25) is 0 Å². The Morgan fingerprint density at radius 1 is 1.42 bits per heavy atom. The number of nitrogens with one attached hydrogen (secondary N) is 1. The average molecular weight is 282 g/mol. The van der Waals surface area contributed by atoms with E-state index in [4.69, 9.17) is 10.5 Å². The van der Waals surface area contributed by atoms with Crippen LogP contribution in [-0.2, 0) is 4.79 Å². The molecule has 106 valence electrons. The maximum atomic E-state index is 11.8. The van der Waals surface area contributed by atoms with Crippen molar-refractivity contribution in [3.8, 4) is 5.75 Å². The van der Waals surface area contributed by atoms with Gasteiger partial charge in [-0.05, 0) is 12.1 Å². The van der Waals surface area contributed by atoms with Crippen molar-refractivity contribution in [1.29, 1.82) is 0 Å². The van der Waals surface area contributed by atoms with Gasteiger partial charge in [0, 0.05) is 28.7 Å². The van der Waals surface area contributed by atoms with Crippen LogP contribution in [0.4, 0.5) is 11.4 Å². The molecule has 5 heteroatoms. The molecule has 1 aromatic carbocycles. The summed E-state index contributed by atoms with van der Waals surface area (Å²) in [5, 5.41) is 2.84. The van der Waals surface area contributed by atoms with Crippen LogP contribution in [0.25, 0.3) is 0 Å². The molecule has 1 amide bonds. The number of rotatable bonds is 5. The van der Waals surface area contributed by atoms with Crippen molar-refractivity contribution in [3.63, 3.8) is 0 Å². The van der Waals surface area contributed by atoms with Gasteiger partial charge in [0.15, 0.2) is 0 Å². The van der Waals surface area contributed by atoms with E-state index in [-0.39, 0.29) is 10.7 Å². The minimum Gasteiger partial charge on any atom is -0.494 e. The maximum Gasteiger partial charge on any atom is 0.225 e. The molecule has 0 aromatic heterocycles. The summed E-state index contributed by atoms with van der Waals surface area (Å²) >= 11 is 1.77. The molecule has 3 N–H and O–H groups in total. The predicted octanol–water partition coefficient (Wildman–Crippen LogP) is 3.14. The second-order valence-corrected chi connectivity index (χ2v) is 7.14. The highest BCUT2D eigenvalue weighted by Gasteiger charge is 2.12. The van der Waals surface area contributed by atoms with E-state index < -0.39 is 0 Å². The predicted molar refractivity (Wildman–Crippen MR) is 82.9 cm³/mol. The van der Waals surface area contributed by atoms with Gasteiger partial charge in [-0.1, -0.05) is 20.8 Å². The lowest BCUT2D eigenvalue weighted by Crippen LogP contribution is -2.15. The molecule has 0 saturated carbocycles. The zero-order valence-electron chi connectivity index (χ0n) is 11.9. The number of thioether (sulfide) groups is 1. The third kappa shape index (κ3) is 5.87. The fraction of sp³-hybridized carbons (Fsp3) is 0.500. The van der Waals surface area contributed by atoms with Crippen LogP contribution in [-0.4, -0.2) is 23.5 Å². The first-order chi connectivity index (χ1) is 8.81. The fourth-order valence-corrected chi connectivity index (χ4v) is 2.37. The van der Waals surface area contributed by atoms with Crippen LogP contribution < -0.4 is 15.8 Å². The Bertz CT molecular complexity index is 442. The normalized spacial score (nSPS) is 11.2. The summed E-state index contributed by atoms with van der Waals surface area (Å²) in [5.74, 6) is 1.36. The lowest BCUT2D eigenvalue weighted by Gasteiger charge is -2.17. The Labute approximate surface area is 119 Å². The van der Waals surface area contributed by atoms with Crippen molar-refractivity contribution in [3.05, 3.63) is 18.2 Å². The van der Waals surface area contributed by atoms with Gasteiger partial charge >= 0.3 is 0 Å². The molecular weight excluding hydrogens is 260 g/mol. The maximum absolute atomic E-state index is 11.8. The van der Waals surface area contributed by atoms with Gasteiger partial charge < -0.3 is 15.8 Å². The van der Waals surface area contributed by atoms with Gasteiger partial charge in [0.25, 0.3) is 0 Å². The molecule has 19 heavy (non-hydrogen) atoms. The SMILES string of the molecule is COc1cc(N)ccc1NC(=O)CCSC(C)(C)C. The number of hydrogen-bond donors (Lipinski definition) is 2. The zero-order chi connectivity index (χ0) is 14.5. The molecule has 0 aliphatic heterocycles. The summed E-state index contributed by atoms with van der Waals surface area (Å²) in [6.45, 7) is 6.41. The number of methoxy groups -OCH3 is 1. The molecule has 0 fully saturated rings. The Hall–Kier alpha value is -1.36. The molecule has 0 heterocycles. The van der Waals surface area contributed by atoms with Crippen LogP contribution in [0.3, 0.4) is 0 Å². The van der Waals surface area contributed by atoms with Gasteiger partial charge in [-0.3, -0.25) is 4.79 Å². The second-order valence-electron chi connectivity index (χ2n) is 5.22. The van der Waals surface area contributed by atoms with E-state index in [0.717, 1.165) is 5.75 Å². The van der Waals surface area contributed by atoms with Crippen molar-refractivity contribution < 1.29 is 9.53 Å². The van der Waals surface area contributed by atoms with Gasteiger partial charge in [0.1, 0.15) is 5.75 Å². The molecular formula is C14H22N2O2S. The van der Waals surface area contributed by atoms with E-state index in [1.165, 1.54) is 0 Å². The van der Waals surface area contributed by atoms with Crippen molar-refractivity contribution in [2.75, 3.05) is 23.9 Å². The fourth-order valence-electron chi connectivity index (χ4n) is 1.47. The van der Waals surface area contributed by atoms with E-state index in [1.54, 1.807) is 37.1 Å². The third-order valence-electron chi connectivity index (χ3n) is 2.36. The number of carbonyl (C=O) groups is 1. The van der Waals surface area contributed by atoms with Crippen molar-refractivity contribution in [2.24, 2.45) is 0 Å². The molecule has 0 atom stereocenters.